The molecule has 1 aromatic carbocycles. The van der Waals surface area contributed by atoms with Crippen LogP contribution in [0.3, 0.4) is 0 Å². The van der Waals surface area contributed by atoms with Crippen molar-refractivity contribution in [1.82, 2.24) is 0 Å². The number of halogens is 1. The Morgan fingerprint density at radius 1 is 1.21 bits per heavy atom. The third-order valence-electron chi connectivity index (χ3n) is 1.70. The van der Waals surface area contributed by atoms with E-state index < -0.39 is 0 Å². The van der Waals surface area contributed by atoms with Gasteiger partial charge in [0.15, 0.2) is 11.5 Å². The van der Waals surface area contributed by atoms with Gasteiger partial charge < -0.3 is 9.47 Å². The molecule has 2 nitrogen and oxygen atoms in total. The molecular formula is C10H13ClO2S. The number of benzene rings is 1. The molecule has 0 radical (unpaired) electrons. The summed E-state index contributed by atoms with van der Waals surface area (Å²) in [4.78, 5) is 1.14. The van der Waals surface area contributed by atoms with Crippen molar-refractivity contribution in [2.75, 3.05) is 25.9 Å². The first kappa shape index (κ1) is 11.5. The zero-order valence-electron chi connectivity index (χ0n) is 8.25. The van der Waals surface area contributed by atoms with Crippen molar-refractivity contribution in [1.29, 1.82) is 0 Å². The highest BCUT2D eigenvalue weighted by Crippen LogP contribution is 2.31. The van der Waals surface area contributed by atoms with E-state index in [4.69, 9.17) is 21.1 Å². The van der Waals surface area contributed by atoms with E-state index in [0.717, 1.165) is 22.1 Å². The van der Waals surface area contributed by atoms with Crippen molar-refractivity contribution >= 4 is 23.4 Å². The molecule has 0 spiro atoms. The smallest absolute Gasteiger partial charge is 0.161 e. The lowest BCUT2D eigenvalue weighted by Crippen LogP contribution is -1.90. The molecule has 0 bridgehead atoms. The molecule has 78 valence electrons. The van der Waals surface area contributed by atoms with E-state index in [2.05, 4.69) is 0 Å². The summed E-state index contributed by atoms with van der Waals surface area (Å²) in [7, 11) is 3.26. The predicted octanol–water partition coefficient (Wildman–Crippen LogP) is 3.03. The molecule has 0 aliphatic carbocycles. The standard InChI is InChI=1S/C10H13ClO2S/c1-12-9-4-3-8(14-6-5-11)7-10(9)13-2/h3-4,7H,5-6H2,1-2H3. The number of methoxy groups -OCH3 is 2. The van der Waals surface area contributed by atoms with E-state index in [-0.39, 0.29) is 0 Å². The summed E-state index contributed by atoms with van der Waals surface area (Å²) >= 11 is 7.31. The van der Waals surface area contributed by atoms with Crippen molar-refractivity contribution in [3.8, 4) is 11.5 Å². The molecule has 0 heterocycles. The van der Waals surface area contributed by atoms with Crippen LogP contribution >= 0.6 is 23.4 Å². The van der Waals surface area contributed by atoms with Gasteiger partial charge in [-0.2, -0.15) is 0 Å². The highest BCUT2D eigenvalue weighted by Gasteiger charge is 2.04. The first-order chi connectivity index (χ1) is 6.81. The van der Waals surface area contributed by atoms with Crippen molar-refractivity contribution < 1.29 is 9.47 Å². The van der Waals surface area contributed by atoms with Gasteiger partial charge in [0.25, 0.3) is 0 Å². The topological polar surface area (TPSA) is 18.5 Å². The minimum Gasteiger partial charge on any atom is -0.493 e. The summed E-state index contributed by atoms with van der Waals surface area (Å²) in [6.45, 7) is 0. The number of ether oxygens (including phenoxy) is 2. The summed E-state index contributed by atoms with van der Waals surface area (Å²) in [6, 6.07) is 5.85. The second kappa shape index (κ2) is 6.04. The van der Waals surface area contributed by atoms with Crippen molar-refractivity contribution in [3.63, 3.8) is 0 Å². The Bertz CT molecular complexity index is 291. The van der Waals surface area contributed by atoms with Crippen LogP contribution in [0.4, 0.5) is 0 Å². The van der Waals surface area contributed by atoms with Gasteiger partial charge in [-0.1, -0.05) is 0 Å². The average molecular weight is 233 g/mol. The van der Waals surface area contributed by atoms with Gasteiger partial charge in [0.2, 0.25) is 0 Å². The third kappa shape index (κ3) is 3.00. The average Bonchev–Trinajstić information content (AvgIpc) is 2.25. The lowest BCUT2D eigenvalue weighted by molar-refractivity contribution is 0.354. The first-order valence-corrected chi connectivity index (χ1v) is 5.74. The number of thioether (sulfide) groups is 1. The molecule has 0 N–H and O–H groups in total. The zero-order chi connectivity index (χ0) is 10.4. The van der Waals surface area contributed by atoms with Crippen LogP contribution in [0.2, 0.25) is 0 Å². The molecule has 0 atom stereocenters. The minimum atomic E-state index is 0.652. The van der Waals surface area contributed by atoms with Crippen molar-refractivity contribution in [2.45, 2.75) is 4.90 Å². The fourth-order valence-corrected chi connectivity index (χ4v) is 1.96. The van der Waals surface area contributed by atoms with Crippen molar-refractivity contribution in [3.05, 3.63) is 18.2 Å². The highest BCUT2D eigenvalue weighted by atomic mass is 35.5. The maximum atomic E-state index is 5.61. The zero-order valence-corrected chi connectivity index (χ0v) is 9.82. The largest absolute Gasteiger partial charge is 0.493 e. The predicted molar refractivity (Wildman–Crippen MR) is 61.0 cm³/mol. The highest BCUT2D eigenvalue weighted by molar-refractivity contribution is 7.99. The molecule has 0 unspecified atom stereocenters. The van der Waals surface area contributed by atoms with E-state index in [1.165, 1.54) is 0 Å². The Morgan fingerprint density at radius 2 is 1.93 bits per heavy atom. The molecule has 0 amide bonds. The molecule has 0 saturated heterocycles. The fourth-order valence-electron chi connectivity index (χ4n) is 1.06. The molecule has 0 saturated carbocycles. The number of alkyl halides is 1. The Morgan fingerprint density at radius 3 is 2.50 bits per heavy atom. The van der Waals surface area contributed by atoms with Gasteiger partial charge in [0.05, 0.1) is 14.2 Å². The van der Waals surface area contributed by atoms with Gasteiger partial charge >= 0.3 is 0 Å². The van der Waals surface area contributed by atoms with E-state index in [9.17, 15) is 0 Å². The van der Waals surface area contributed by atoms with E-state index in [1.54, 1.807) is 26.0 Å². The lowest BCUT2D eigenvalue weighted by atomic mass is 10.3. The molecule has 0 fully saturated rings. The van der Waals surface area contributed by atoms with Crippen molar-refractivity contribution in [2.24, 2.45) is 0 Å². The molecule has 14 heavy (non-hydrogen) atoms. The third-order valence-corrected chi connectivity index (χ3v) is 3.11. The summed E-state index contributed by atoms with van der Waals surface area (Å²) in [5.74, 6) is 3.06. The van der Waals surface area contributed by atoms with Crippen LogP contribution in [-0.4, -0.2) is 25.9 Å². The lowest BCUT2D eigenvalue weighted by Gasteiger charge is -2.08. The molecule has 0 aliphatic heterocycles. The van der Waals surface area contributed by atoms with Crippen LogP contribution in [0.5, 0.6) is 11.5 Å². The molecular weight excluding hydrogens is 220 g/mol. The Labute approximate surface area is 93.5 Å². The normalized spacial score (nSPS) is 9.93. The maximum absolute atomic E-state index is 5.61. The van der Waals surface area contributed by atoms with Gasteiger partial charge in [-0.25, -0.2) is 0 Å². The van der Waals surface area contributed by atoms with Gasteiger partial charge in [0.1, 0.15) is 0 Å². The molecule has 1 aromatic rings. The van der Waals surface area contributed by atoms with Crippen LogP contribution < -0.4 is 9.47 Å². The van der Waals surface area contributed by atoms with E-state index in [0.29, 0.717) is 5.88 Å². The van der Waals surface area contributed by atoms with Crippen LogP contribution in [0.25, 0.3) is 0 Å². The second-order valence-electron chi connectivity index (χ2n) is 2.55. The Hall–Kier alpha value is -0.540. The molecule has 1 rings (SSSR count). The number of hydrogen-bond acceptors (Lipinski definition) is 3. The number of rotatable bonds is 5. The Kier molecular flexibility index (Phi) is 4.98. The maximum Gasteiger partial charge on any atom is 0.161 e. The minimum absolute atomic E-state index is 0.652. The quantitative estimate of drug-likeness (QED) is 0.574. The number of hydrogen-bond donors (Lipinski definition) is 0. The summed E-state index contributed by atoms with van der Waals surface area (Å²) in [6.07, 6.45) is 0. The summed E-state index contributed by atoms with van der Waals surface area (Å²) in [5.41, 5.74) is 0. The van der Waals surface area contributed by atoms with E-state index >= 15 is 0 Å². The summed E-state index contributed by atoms with van der Waals surface area (Å²) < 4.78 is 10.3. The Balaban J connectivity index is 2.79. The van der Waals surface area contributed by atoms with Crippen LogP contribution in [-0.2, 0) is 0 Å². The van der Waals surface area contributed by atoms with Gasteiger partial charge in [0, 0.05) is 16.5 Å². The fraction of sp³-hybridized carbons (Fsp3) is 0.400. The van der Waals surface area contributed by atoms with Crippen LogP contribution in [0, 0.1) is 0 Å². The monoisotopic (exact) mass is 232 g/mol. The SMILES string of the molecule is COc1ccc(SCCCl)cc1OC. The van der Waals surface area contributed by atoms with Gasteiger partial charge in [-0.05, 0) is 18.2 Å². The first-order valence-electron chi connectivity index (χ1n) is 4.22. The molecule has 0 aromatic heterocycles. The van der Waals surface area contributed by atoms with Crippen LogP contribution in [0.15, 0.2) is 23.1 Å². The summed E-state index contributed by atoms with van der Waals surface area (Å²) in [5, 5.41) is 0. The van der Waals surface area contributed by atoms with Crippen LogP contribution in [0.1, 0.15) is 0 Å². The van der Waals surface area contributed by atoms with E-state index in [1.807, 2.05) is 18.2 Å². The van der Waals surface area contributed by atoms with Gasteiger partial charge in [-0.3, -0.25) is 0 Å². The molecule has 4 heteroatoms. The second-order valence-corrected chi connectivity index (χ2v) is 4.10. The van der Waals surface area contributed by atoms with Gasteiger partial charge in [-0.15, -0.1) is 23.4 Å². The molecule has 0 aliphatic rings.